The van der Waals surface area contributed by atoms with Crippen LogP contribution in [0.15, 0.2) is 36.4 Å². The number of hydrogen-bond donors (Lipinski definition) is 0. The third kappa shape index (κ3) is 3.53. The van der Waals surface area contributed by atoms with Crippen molar-refractivity contribution in [3.05, 3.63) is 63.2 Å². The molecule has 0 saturated carbocycles. The van der Waals surface area contributed by atoms with Crippen LogP contribution in [-0.2, 0) is 4.79 Å². The van der Waals surface area contributed by atoms with Crippen molar-refractivity contribution in [2.24, 2.45) is 0 Å². The lowest BCUT2D eigenvalue weighted by atomic mass is 10.0. The number of nitro groups is 1. The fraction of sp³-hybridized carbons (Fsp3) is 0.318. The van der Waals surface area contributed by atoms with E-state index in [1.807, 2.05) is 6.07 Å². The molecule has 0 aromatic heterocycles. The predicted molar refractivity (Wildman–Crippen MR) is 112 cm³/mol. The second-order valence-electron chi connectivity index (χ2n) is 7.54. The van der Waals surface area contributed by atoms with E-state index in [9.17, 15) is 24.5 Å². The molecule has 2 heterocycles. The van der Waals surface area contributed by atoms with Crippen molar-refractivity contribution in [1.29, 1.82) is 0 Å². The number of carbonyl (C=O) groups excluding carboxylic acids is 3. The van der Waals surface area contributed by atoms with Crippen LogP contribution < -0.4 is 9.47 Å². The van der Waals surface area contributed by atoms with Crippen LogP contribution >= 0.6 is 0 Å². The first-order chi connectivity index (χ1) is 15.3. The summed E-state index contributed by atoms with van der Waals surface area (Å²) in [6.07, 6.45) is 1.45. The molecule has 10 nitrogen and oxygen atoms in total. The van der Waals surface area contributed by atoms with Crippen molar-refractivity contribution in [3.8, 4) is 11.5 Å². The number of ether oxygens (including phenoxy) is 2. The van der Waals surface area contributed by atoms with Crippen LogP contribution in [-0.4, -0.2) is 59.8 Å². The van der Waals surface area contributed by atoms with Crippen LogP contribution in [0.1, 0.15) is 45.2 Å². The zero-order valence-electron chi connectivity index (χ0n) is 17.6. The number of fused-ring (bicyclic) bond motifs is 1. The minimum Gasteiger partial charge on any atom is -0.497 e. The largest absolute Gasteiger partial charge is 0.497 e. The van der Waals surface area contributed by atoms with Gasteiger partial charge in [0.15, 0.2) is 0 Å². The van der Waals surface area contributed by atoms with Gasteiger partial charge in [0.1, 0.15) is 18.0 Å². The van der Waals surface area contributed by atoms with E-state index in [0.29, 0.717) is 24.5 Å². The second-order valence-corrected chi connectivity index (χ2v) is 7.54. The van der Waals surface area contributed by atoms with E-state index in [1.54, 1.807) is 31.3 Å². The number of rotatable bonds is 6. The van der Waals surface area contributed by atoms with Gasteiger partial charge >= 0.3 is 0 Å². The fourth-order valence-corrected chi connectivity index (χ4v) is 4.25. The summed E-state index contributed by atoms with van der Waals surface area (Å²) in [6.45, 7) is 0.0292. The van der Waals surface area contributed by atoms with E-state index in [1.165, 1.54) is 12.1 Å². The third-order valence-electron chi connectivity index (χ3n) is 5.83. The molecule has 0 N–H and O–H groups in total. The van der Waals surface area contributed by atoms with Gasteiger partial charge in [-0.3, -0.25) is 29.4 Å². The monoisotopic (exact) mass is 439 g/mol. The van der Waals surface area contributed by atoms with Gasteiger partial charge < -0.3 is 14.4 Å². The molecule has 4 rings (SSSR count). The number of methoxy groups -OCH3 is 2. The summed E-state index contributed by atoms with van der Waals surface area (Å²) in [4.78, 5) is 51.4. The summed E-state index contributed by atoms with van der Waals surface area (Å²) >= 11 is 0. The van der Waals surface area contributed by atoms with Crippen LogP contribution in [0.4, 0.5) is 5.69 Å². The second kappa shape index (κ2) is 8.29. The number of nitro benzene ring substituents is 1. The summed E-state index contributed by atoms with van der Waals surface area (Å²) in [6, 6.07) is 8.55. The average molecular weight is 439 g/mol. The van der Waals surface area contributed by atoms with Gasteiger partial charge in [-0.25, -0.2) is 0 Å². The Morgan fingerprint density at radius 3 is 2.53 bits per heavy atom. The maximum atomic E-state index is 13.2. The molecule has 1 saturated heterocycles. The van der Waals surface area contributed by atoms with E-state index in [-0.39, 0.29) is 28.8 Å². The lowest BCUT2D eigenvalue weighted by molar-refractivity contribution is -0.384. The summed E-state index contributed by atoms with van der Waals surface area (Å²) in [5.74, 6) is -0.494. The molecular formula is C22H21N3O7. The van der Waals surface area contributed by atoms with Gasteiger partial charge in [-0.05, 0) is 37.1 Å². The topological polar surface area (TPSA) is 119 Å². The van der Waals surface area contributed by atoms with E-state index in [2.05, 4.69) is 0 Å². The van der Waals surface area contributed by atoms with Gasteiger partial charge in [-0.2, -0.15) is 0 Å². The fourth-order valence-electron chi connectivity index (χ4n) is 4.25. The highest BCUT2D eigenvalue weighted by atomic mass is 16.6. The maximum absolute atomic E-state index is 13.2. The number of imide groups is 1. The van der Waals surface area contributed by atoms with Crippen molar-refractivity contribution in [2.75, 3.05) is 27.3 Å². The van der Waals surface area contributed by atoms with Crippen molar-refractivity contribution in [3.63, 3.8) is 0 Å². The van der Waals surface area contributed by atoms with Crippen molar-refractivity contribution in [1.82, 2.24) is 9.80 Å². The smallest absolute Gasteiger partial charge is 0.270 e. The molecule has 166 valence electrons. The van der Waals surface area contributed by atoms with E-state index < -0.39 is 23.3 Å². The molecule has 0 spiro atoms. The minimum atomic E-state index is -0.711. The SMILES string of the molecule is COc1ccc(OC)c(C2CCCN2C(=O)CN2C(=O)c3ccc([N+](=O)[O-])cc3C2=O)c1. The van der Waals surface area contributed by atoms with Gasteiger partial charge in [0.05, 0.1) is 36.3 Å². The molecule has 2 aromatic rings. The third-order valence-corrected chi connectivity index (χ3v) is 5.83. The standard InChI is InChI=1S/C22H21N3O7/c1-31-14-6-8-19(32-2)17(11-14)18-4-3-9-23(18)20(26)12-24-21(27)15-7-5-13(25(29)30)10-16(15)22(24)28/h5-8,10-11,18H,3-4,9,12H2,1-2H3. The Morgan fingerprint density at radius 1 is 1.09 bits per heavy atom. The zero-order chi connectivity index (χ0) is 23.0. The summed E-state index contributed by atoms with van der Waals surface area (Å²) in [5, 5.41) is 11.0. The van der Waals surface area contributed by atoms with E-state index >= 15 is 0 Å². The molecule has 2 aromatic carbocycles. The number of likely N-dealkylation sites (tertiary alicyclic amines) is 1. The molecule has 2 aliphatic rings. The van der Waals surface area contributed by atoms with Gasteiger partial charge in [0.25, 0.3) is 17.5 Å². The Kier molecular flexibility index (Phi) is 5.52. The quantitative estimate of drug-likeness (QED) is 0.385. The lowest BCUT2D eigenvalue weighted by Gasteiger charge is -2.28. The number of amides is 3. The normalized spacial score (nSPS) is 17.5. The Labute approximate surface area is 183 Å². The molecular weight excluding hydrogens is 418 g/mol. The first-order valence-corrected chi connectivity index (χ1v) is 10.0. The van der Waals surface area contributed by atoms with Gasteiger partial charge in [-0.1, -0.05) is 0 Å². The highest BCUT2D eigenvalue weighted by Gasteiger charge is 2.40. The predicted octanol–water partition coefficient (Wildman–Crippen LogP) is 2.57. The minimum absolute atomic E-state index is 0.0563. The molecule has 10 heteroatoms. The van der Waals surface area contributed by atoms with Crippen molar-refractivity contribution >= 4 is 23.4 Å². The lowest BCUT2D eigenvalue weighted by Crippen LogP contribution is -2.42. The van der Waals surface area contributed by atoms with Crippen LogP contribution in [0.25, 0.3) is 0 Å². The Bertz CT molecular complexity index is 1130. The van der Waals surface area contributed by atoms with Crippen molar-refractivity contribution < 1.29 is 28.8 Å². The Hall–Kier alpha value is -3.95. The molecule has 3 amide bonds. The Balaban J connectivity index is 1.57. The number of benzene rings is 2. The highest BCUT2D eigenvalue weighted by Crippen LogP contribution is 2.39. The molecule has 1 unspecified atom stereocenters. The first-order valence-electron chi connectivity index (χ1n) is 10.0. The van der Waals surface area contributed by atoms with Crippen LogP contribution in [0.2, 0.25) is 0 Å². The summed E-state index contributed by atoms with van der Waals surface area (Å²) in [5.41, 5.74) is 0.490. The molecule has 0 radical (unpaired) electrons. The molecule has 1 fully saturated rings. The average Bonchev–Trinajstić information content (AvgIpc) is 3.38. The molecule has 32 heavy (non-hydrogen) atoms. The zero-order valence-corrected chi connectivity index (χ0v) is 17.6. The van der Waals surface area contributed by atoms with Gasteiger partial charge in [0.2, 0.25) is 5.91 Å². The van der Waals surface area contributed by atoms with E-state index in [4.69, 9.17) is 9.47 Å². The van der Waals surface area contributed by atoms with Crippen molar-refractivity contribution in [2.45, 2.75) is 18.9 Å². The van der Waals surface area contributed by atoms with Crippen LogP contribution in [0, 0.1) is 10.1 Å². The Morgan fingerprint density at radius 2 is 1.84 bits per heavy atom. The van der Waals surface area contributed by atoms with Crippen LogP contribution in [0.3, 0.4) is 0 Å². The first kappa shape index (κ1) is 21.3. The summed E-state index contributed by atoms with van der Waals surface area (Å²) < 4.78 is 10.8. The van der Waals surface area contributed by atoms with E-state index in [0.717, 1.165) is 23.0 Å². The summed E-state index contributed by atoms with van der Waals surface area (Å²) in [7, 11) is 3.10. The molecule has 0 bridgehead atoms. The molecule has 1 atom stereocenters. The van der Waals surface area contributed by atoms with Gasteiger partial charge in [-0.15, -0.1) is 0 Å². The highest BCUT2D eigenvalue weighted by molar-refractivity contribution is 6.22. The van der Waals surface area contributed by atoms with Crippen LogP contribution in [0.5, 0.6) is 11.5 Å². The number of hydrogen-bond acceptors (Lipinski definition) is 7. The number of carbonyl (C=O) groups is 3. The maximum Gasteiger partial charge on any atom is 0.270 e. The molecule has 2 aliphatic heterocycles. The van der Waals surface area contributed by atoms with Gasteiger partial charge in [0, 0.05) is 24.2 Å². The number of non-ortho nitro benzene ring substituents is 1. The molecule has 0 aliphatic carbocycles. The number of nitrogens with zero attached hydrogens (tertiary/aromatic N) is 3.